The monoisotopic (exact) mass is 508 g/mol. The number of thioether (sulfide) groups is 1. The summed E-state index contributed by atoms with van der Waals surface area (Å²) in [5.41, 5.74) is 1.83. The molecule has 1 N–H and O–H groups in total. The standard InChI is InChI=1S/C26H28N4O3S2/c1-17(11-12-18-7-3-2-4-8-18)28-21(31)16-34-26-29-22-20-10-5-13-27-24(20)35-23(22)25(32)30(26)15-19-9-6-14-33-19/h2-5,7-8,10,13,17,19H,6,9,11-12,14-16H2,1H3,(H,28,31)/t17-,19-/m0/s1. The number of aromatic nitrogens is 3. The Labute approximate surface area is 211 Å². The molecule has 7 nitrogen and oxygen atoms in total. The topological polar surface area (TPSA) is 86.1 Å². The van der Waals surface area contributed by atoms with E-state index in [1.54, 1.807) is 10.8 Å². The summed E-state index contributed by atoms with van der Waals surface area (Å²) in [5, 5.41) is 4.50. The number of nitrogens with one attached hydrogen (secondary N) is 1. The van der Waals surface area contributed by atoms with E-state index in [-0.39, 0.29) is 29.4 Å². The van der Waals surface area contributed by atoms with Crippen molar-refractivity contribution in [2.45, 2.75) is 56.5 Å². The van der Waals surface area contributed by atoms with Crippen LogP contribution in [0.5, 0.6) is 0 Å². The van der Waals surface area contributed by atoms with Crippen molar-refractivity contribution in [2.75, 3.05) is 12.4 Å². The Morgan fingerprint density at radius 2 is 2.14 bits per heavy atom. The minimum Gasteiger partial charge on any atom is -0.376 e. The number of aryl methyl sites for hydroxylation is 1. The van der Waals surface area contributed by atoms with Gasteiger partial charge in [-0.2, -0.15) is 0 Å². The fourth-order valence-corrected chi connectivity index (χ4v) is 6.19. The highest BCUT2D eigenvalue weighted by molar-refractivity contribution is 7.99. The minimum absolute atomic E-state index is 0.00867. The van der Waals surface area contributed by atoms with Gasteiger partial charge in [-0.25, -0.2) is 9.97 Å². The second kappa shape index (κ2) is 10.9. The van der Waals surface area contributed by atoms with Gasteiger partial charge in [0.1, 0.15) is 9.53 Å². The number of hydrogen-bond donors (Lipinski definition) is 1. The highest BCUT2D eigenvalue weighted by Crippen LogP contribution is 2.31. The molecule has 0 radical (unpaired) electrons. The third-order valence-electron chi connectivity index (χ3n) is 6.18. The van der Waals surface area contributed by atoms with Gasteiger partial charge in [0.15, 0.2) is 5.16 Å². The predicted molar refractivity (Wildman–Crippen MR) is 141 cm³/mol. The number of fused-ring (bicyclic) bond motifs is 3. The van der Waals surface area contributed by atoms with E-state index in [1.165, 1.54) is 28.7 Å². The van der Waals surface area contributed by atoms with Crippen LogP contribution in [0.2, 0.25) is 0 Å². The summed E-state index contributed by atoms with van der Waals surface area (Å²) in [6.07, 6.45) is 5.40. The maximum atomic E-state index is 13.5. The number of amides is 1. The van der Waals surface area contributed by atoms with Crippen LogP contribution in [0, 0.1) is 0 Å². The zero-order valence-electron chi connectivity index (χ0n) is 19.6. The molecule has 182 valence electrons. The quantitative estimate of drug-likeness (QED) is 0.266. The van der Waals surface area contributed by atoms with Crippen LogP contribution in [0.1, 0.15) is 31.7 Å². The second-order valence-corrected chi connectivity index (χ2v) is 10.8. The molecule has 0 spiro atoms. The molecule has 1 aliphatic rings. The fraction of sp³-hybridized carbons (Fsp3) is 0.385. The number of nitrogens with zero attached hydrogens (tertiary/aromatic N) is 3. The third kappa shape index (κ3) is 5.58. The molecule has 9 heteroatoms. The first-order chi connectivity index (χ1) is 17.1. The van der Waals surface area contributed by atoms with Gasteiger partial charge >= 0.3 is 0 Å². The molecule has 3 aromatic heterocycles. The Balaban J connectivity index is 1.32. The first-order valence-corrected chi connectivity index (χ1v) is 13.7. The molecule has 4 heterocycles. The first-order valence-electron chi connectivity index (χ1n) is 11.9. The van der Waals surface area contributed by atoms with Gasteiger partial charge < -0.3 is 10.1 Å². The molecule has 1 aliphatic heterocycles. The Morgan fingerprint density at radius 3 is 2.94 bits per heavy atom. The van der Waals surface area contributed by atoms with E-state index in [2.05, 4.69) is 22.4 Å². The van der Waals surface area contributed by atoms with E-state index >= 15 is 0 Å². The second-order valence-electron chi connectivity index (χ2n) is 8.86. The minimum atomic E-state index is -0.0902. The van der Waals surface area contributed by atoms with Gasteiger partial charge in [0, 0.05) is 24.2 Å². The number of carbonyl (C=O) groups is 1. The zero-order chi connectivity index (χ0) is 24.2. The molecular formula is C26H28N4O3S2. The number of thiophene rings is 1. The lowest BCUT2D eigenvalue weighted by Gasteiger charge is -2.16. The Bertz CT molecular complexity index is 1380. The van der Waals surface area contributed by atoms with Crippen LogP contribution in [0.15, 0.2) is 58.6 Å². The van der Waals surface area contributed by atoms with E-state index < -0.39 is 0 Å². The summed E-state index contributed by atoms with van der Waals surface area (Å²) in [4.78, 5) is 36.3. The van der Waals surface area contributed by atoms with Crippen molar-refractivity contribution < 1.29 is 9.53 Å². The van der Waals surface area contributed by atoms with Crippen molar-refractivity contribution in [2.24, 2.45) is 0 Å². The molecule has 4 aromatic rings. The molecule has 0 saturated carbocycles. The number of carbonyl (C=O) groups excluding carboxylic acids is 1. The van der Waals surface area contributed by atoms with Crippen LogP contribution >= 0.6 is 23.1 Å². The summed E-state index contributed by atoms with van der Waals surface area (Å²) >= 11 is 2.67. The smallest absolute Gasteiger partial charge is 0.272 e. The Morgan fingerprint density at radius 1 is 1.29 bits per heavy atom. The summed E-state index contributed by atoms with van der Waals surface area (Å²) < 4.78 is 8.08. The van der Waals surface area contributed by atoms with Crippen LogP contribution in [0.4, 0.5) is 0 Å². The van der Waals surface area contributed by atoms with Crippen LogP contribution in [-0.4, -0.2) is 44.9 Å². The molecular weight excluding hydrogens is 480 g/mol. The van der Waals surface area contributed by atoms with Gasteiger partial charge in [-0.3, -0.25) is 14.2 Å². The lowest BCUT2D eigenvalue weighted by atomic mass is 10.1. The van der Waals surface area contributed by atoms with Crippen molar-refractivity contribution in [3.05, 3.63) is 64.6 Å². The lowest BCUT2D eigenvalue weighted by Crippen LogP contribution is -2.34. The van der Waals surface area contributed by atoms with Gasteiger partial charge in [0.05, 0.1) is 23.9 Å². The van der Waals surface area contributed by atoms with Crippen molar-refractivity contribution in [1.29, 1.82) is 0 Å². The van der Waals surface area contributed by atoms with Crippen molar-refractivity contribution in [1.82, 2.24) is 19.9 Å². The maximum absolute atomic E-state index is 13.5. The molecule has 0 aliphatic carbocycles. The average Bonchev–Trinajstić information content (AvgIpc) is 3.52. The van der Waals surface area contributed by atoms with Gasteiger partial charge in [0.2, 0.25) is 5.91 Å². The summed E-state index contributed by atoms with van der Waals surface area (Å²) in [6.45, 7) is 3.18. The molecule has 1 aromatic carbocycles. The van der Waals surface area contributed by atoms with Crippen LogP contribution in [0.3, 0.4) is 0 Å². The normalized spacial score (nSPS) is 16.7. The number of hydrogen-bond acceptors (Lipinski definition) is 7. The fourth-order valence-electron chi connectivity index (χ4n) is 4.35. The molecule has 5 rings (SSSR count). The molecule has 2 atom stereocenters. The zero-order valence-corrected chi connectivity index (χ0v) is 21.2. The number of rotatable bonds is 9. The van der Waals surface area contributed by atoms with Gasteiger partial charge in [-0.15, -0.1) is 11.3 Å². The summed E-state index contributed by atoms with van der Waals surface area (Å²) in [7, 11) is 0. The number of ether oxygens (including phenoxy) is 1. The van der Waals surface area contributed by atoms with E-state index in [0.29, 0.717) is 28.5 Å². The van der Waals surface area contributed by atoms with Gasteiger partial charge in [-0.05, 0) is 50.3 Å². The SMILES string of the molecule is C[C@@H](CCc1ccccc1)NC(=O)CSc1nc2c(sc3ncccc32)c(=O)n1C[C@@H]1CCCO1. The molecule has 0 unspecified atom stereocenters. The third-order valence-corrected chi connectivity index (χ3v) is 8.24. The molecule has 35 heavy (non-hydrogen) atoms. The molecule has 1 saturated heterocycles. The number of benzene rings is 1. The van der Waals surface area contributed by atoms with Crippen LogP contribution in [-0.2, 0) is 22.5 Å². The van der Waals surface area contributed by atoms with Gasteiger partial charge in [-0.1, -0.05) is 42.1 Å². The van der Waals surface area contributed by atoms with E-state index in [1.807, 2.05) is 37.3 Å². The van der Waals surface area contributed by atoms with Crippen molar-refractivity contribution in [3.8, 4) is 0 Å². The highest BCUT2D eigenvalue weighted by atomic mass is 32.2. The van der Waals surface area contributed by atoms with Crippen LogP contribution < -0.4 is 10.9 Å². The Hall–Kier alpha value is -2.75. The van der Waals surface area contributed by atoms with E-state index in [9.17, 15) is 9.59 Å². The lowest BCUT2D eigenvalue weighted by molar-refractivity contribution is -0.119. The first kappa shape index (κ1) is 24.0. The van der Waals surface area contributed by atoms with Gasteiger partial charge in [0.25, 0.3) is 5.56 Å². The van der Waals surface area contributed by atoms with Crippen LogP contribution in [0.25, 0.3) is 20.4 Å². The molecule has 1 fully saturated rings. The predicted octanol–water partition coefficient (Wildman–Crippen LogP) is 4.41. The van der Waals surface area contributed by atoms with E-state index in [4.69, 9.17) is 9.72 Å². The van der Waals surface area contributed by atoms with E-state index in [0.717, 1.165) is 35.9 Å². The average molecular weight is 509 g/mol. The Kier molecular flexibility index (Phi) is 7.46. The summed E-state index contributed by atoms with van der Waals surface area (Å²) in [6, 6.07) is 14.1. The van der Waals surface area contributed by atoms with Crippen molar-refractivity contribution >= 4 is 49.4 Å². The molecule has 1 amide bonds. The summed E-state index contributed by atoms with van der Waals surface area (Å²) in [5.74, 6) is 0.129. The number of pyridine rings is 1. The largest absolute Gasteiger partial charge is 0.376 e. The maximum Gasteiger partial charge on any atom is 0.272 e. The molecule has 0 bridgehead atoms. The highest BCUT2D eigenvalue weighted by Gasteiger charge is 2.22. The van der Waals surface area contributed by atoms with Crippen molar-refractivity contribution in [3.63, 3.8) is 0 Å².